The molecule has 0 aliphatic carbocycles. The lowest BCUT2D eigenvalue weighted by molar-refractivity contribution is 1.44. The molecule has 2 nitrogen and oxygen atoms in total. The lowest BCUT2D eigenvalue weighted by Crippen LogP contribution is -1.92. The average molecular weight is 507 g/mol. The van der Waals surface area contributed by atoms with Crippen molar-refractivity contribution in [2.75, 3.05) is 0 Å². The molecule has 0 saturated carbocycles. The van der Waals surface area contributed by atoms with E-state index < -0.39 is 0 Å². The number of nitrogens with zero attached hydrogens (tertiary/aromatic N) is 2. The van der Waals surface area contributed by atoms with E-state index in [0.29, 0.717) is 5.69 Å². The maximum Gasteiger partial charge on any atom is 0.187 e. The molecule has 0 saturated heterocycles. The Balaban J connectivity index is 1.34. The molecule has 1 heterocycles. The number of hydrogen-bond donors (Lipinski definition) is 0. The number of rotatable bonds is 2. The SMILES string of the molecule is [C-]#[N+]c1ccc2cc(-c3ccc(-c4nc5c6ccccc6c6ccccc6c5c5ccccc45)cc3)ccc2c1. The first-order valence-corrected chi connectivity index (χ1v) is 13.4. The van der Waals surface area contributed by atoms with Crippen LogP contribution in [-0.4, -0.2) is 4.98 Å². The molecule has 0 bridgehead atoms. The third-order valence-electron chi connectivity index (χ3n) is 8.03. The summed E-state index contributed by atoms with van der Waals surface area (Å²) in [5.74, 6) is 0. The summed E-state index contributed by atoms with van der Waals surface area (Å²) in [6.07, 6.45) is 0. The molecule has 0 unspecified atom stereocenters. The minimum atomic E-state index is 0.667. The van der Waals surface area contributed by atoms with Gasteiger partial charge in [0, 0.05) is 21.7 Å². The van der Waals surface area contributed by atoms with Gasteiger partial charge in [-0.15, -0.1) is 0 Å². The van der Waals surface area contributed by atoms with Gasteiger partial charge in [-0.3, -0.25) is 0 Å². The lowest BCUT2D eigenvalue weighted by Gasteiger charge is -2.15. The lowest BCUT2D eigenvalue weighted by atomic mass is 9.92. The fourth-order valence-corrected chi connectivity index (χ4v) is 6.11. The molecule has 184 valence electrons. The number of fused-ring (bicyclic) bond motifs is 9. The van der Waals surface area contributed by atoms with Crippen molar-refractivity contribution in [3.63, 3.8) is 0 Å². The highest BCUT2D eigenvalue weighted by molar-refractivity contribution is 6.31. The zero-order valence-corrected chi connectivity index (χ0v) is 21.6. The van der Waals surface area contributed by atoms with Gasteiger partial charge in [0.05, 0.1) is 17.8 Å². The third-order valence-corrected chi connectivity index (χ3v) is 8.03. The van der Waals surface area contributed by atoms with Crippen LogP contribution in [0.3, 0.4) is 0 Å². The van der Waals surface area contributed by atoms with Crippen molar-refractivity contribution in [1.82, 2.24) is 4.98 Å². The van der Waals surface area contributed by atoms with E-state index >= 15 is 0 Å². The average Bonchev–Trinajstić information content (AvgIpc) is 3.04. The van der Waals surface area contributed by atoms with E-state index in [-0.39, 0.29) is 0 Å². The molecular formula is C38H22N2. The summed E-state index contributed by atoms with van der Waals surface area (Å²) in [4.78, 5) is 8.94. The van der Waals surface area contributed by atoms with Gasteiger partial charge in [-0.25, -0.2) is 9.83 Å². The normalized spacial score (nSPS) is 11.5. The van der Waals surface area contributed by atoms with Crippen LogP contribution in [0.5, 0.6) is 0 Å². The van der Waals surface area contributed by atoms with Crippen LogP contribution in [0.4, 0.5) is 5.69 Å². The first kappa shape index (κ1) is 22.5. The van der Waals surface area contributed by atoms with E-state index in [1.807, 2.05) is 18.2 Å². The van der Waals surface area contributed by atoms with Crippen LogP contribution in [-0.2, 0) is 0 Å². The van der Waals surface area contributed by atoms with Crippen molar-refractivity contribution in [3.8, 4) is 22.4 Å². The Morgan fingerprint density at radius 3 is 1.70 bits per heavy atom. The fourth-order valence-electron chi connectivity index (χ4n) is 6.11. The third kappa shape index (κ3) is 3.39. The molecule has 8 rings (SSSR count). The number of hydrogen-bond acceptors (Lipinski definition) is 1. The summed E-state index contributed by atoms with van der Waals surface area (Å²) in [5, 5.41) is 10.7. The van der Waals surface area contributed by atoms with Crippen molar-refractivity contribution >= 4 is 59.7 Å². The van der Waals surface area contributed by atoms with Gasteiger partial charge >= 0.3 is 0 Å². The van der Waals surface area contributed by atoms with E-state index in [4.69, 9.17) is 11.6 Å². The first-order valence-electron chi connectivity index (χ1n) is 13.4. The number of benzene rings is 7. The van der Waals surface area contributed by atoms with Gasteiger partial charge in [-0.1, -0.05) is 121 Å². The summed E-state index contributed by atoms with van der Waals surface area (Å²) < 4.78 is 0. The zero-order valence-electron chi connectivity index (χ0n) is 21.6. The van der Waals surface area contributed by atoms with Crippen LogP contribution >= 0.6 is 0 Å². The maximum atomic E-state index is 7.28. The van der Waals surface area contributed by atoms with Crippen molar-refractivity contribution < 1.29 is 0 Å². The zero-order chi connectivity index (χ0) is 26.6. The van der Waals surface area contributed by atoms with E-state index in [9.17, 15) is 0 Å². The van der Waals surface area contributed by atoms with Crippen molar-refractivity contribution in [2.24, 2.45) is 0 Å². The van der Waals surface area contributed by atoms with Gasteiger partial charge in [-0.05, 0) is 55.6 Å². The van der Waals surface area contributed by atoms with E-state index in [2.05, 4.69) is 120 Å². The van der Waals surface area contributed by atoms with Gasteiger partial charge in [0.1, 0.15) is 0 Å². The van der Waals surface area contributed by atoms with Crippen LogP contribution in [0.25, 0.3) is 81.2 Å². The second-order valence-corrected chi connectivity index (χ2v) is 10.3. The van der Waals surface area contributed by atoms with E-state index in [0.717, 1.165) is 44.1 Å². The smallest absolute Gasteiger partial charge is 0.187 e. The number of aromatic nitrogens is 1. The van der Waals surface area contributed by atoms with Gasteiger partial charge in [0.2, 0.25) is 0 Å². The van der Waals surface area contributed by atoms with Crippen LogP contribution in [0.1, 0.15) is 0 Å². The molecule has 0 amide bonds. The van der Waals surface area contributed by atoms with Gasteiger partial charge in [0.15, 0.2) is 5.69 Å². The summed E-state index contributed by atoms with van der Waals surface area (Å²) in [7, 11) is 0. The highest BCUT2D eigenvalue weighted by Crippen LogP contribution is 2.41. The van der Waals surface area contributed by atoms with Crippen molar-refractivity contribution in [2.45, 2.75) is 0 Å². The Labute approximate surface area is 231 Å². The highest BCUT2D eigenvalue weighted by atomic mass is 14.7. The van der Waals surface area contributed by atoms with Crippen molar-refractivity contribution in [3.05, 3.63) is 145 Å². The Morgan fingerprint density at radius 2 is 0.975 bits per heavy atom. The maximum absolute atomic E-state index is 7.28. The Hall–Kier alpha value is -5.52. The Bertz CT molecular complexity index is 2320. The molecule has 0 radical (unpaired) electrons. The van der Waals surface area contributed by atoms with Crippen LogP contribution in [0.15, 0.2) is 133 Å². The van der Waals surface area contributed by atoms with Gasteiger partial charge < -0.3 is 0 Å². The molecule has 0 aliphatic rings. The van der Waals surface area contributed by atoms with Gasteiger partial charge in [-0.2, -0.15) is 0 Å². The number of pyridine rings is 1. The molecule has 0 atom stereocenters. The van der Waals surface area contributed by atoms with Crippen LogP contribution in [0, 0.1) is 6.57 Å². The Kier molecular flexibility index (Phi) is 4.92. The molecule has 1 aromatic heterocycles. The largest absolute Gasteiger partial charge is 0.246 e. The molecule has 0 spiro atoms. The predicted octanol–water partition coefficient (Wildman–Crippen LogP) is 10.7. The predicted molar refractivity (Wildman–Crippen MR) is 169 cm³/mol. The van der Waals surface area contributed by atoms with Crippen molar-refractivity contribution in [1.29, 1.82) is 0 Å². The second-order valence-electron chi connectivity index (χ2n) is 10.3. The molecular weight excluding hydrogens is 484 g/mol. The van der Waals surface area contributed by atoms with Crippen LogP contribution in [0.2, 0.25) is 0 Å². The van der Waals surface area contributed by atoms with E-state index in [1.165, 1.54) is 32.3 Å². The molecule has 0 N–H and O–H groups in total. The summed E-state index contributed by atoms with van der Waals surface area (Å²) in [6, 6.07) is 46.9. The summed E-state index contributed by atoms with van der Waals surface area (Å²) in [5.41, 5.74) is 6.12. The standard InChI is InChI=1S/C38H22N2/c1-39-29-21-20-27-22-26(18-19-28(27)23-29)24-14-16-25(17-15-24)37-35-13-7-5-11-33(35)36-32-10-4-2-8-30(32)31-9-3-6-12-34(31)38(36)40-37/h2-23H. The Morgan fingerprint density at radius 1 is 0.450 bits per heavy atom. The fraction of sp³-hybridized carbons (Fsp3) is 0. The van der Waals surface area contributed by atoms with E-state index in [1.54, 1.807) is 0 Å². The van der Waals surface area contributed by atoms with Gasteiger partial charge in [0.25, 0.3) is 0 Å². The summed E-state index contributed by atoms with van der Waals surface area (Å²) in [6.45, 7) is 7.28. The topological polar surface area (TPSA) is 17.2 Å². The molecule has 40 heavy (non-hydrogen) atoms. The molecule has 8 aromatic rings. The quantitative estimate of drug-likeness (QED) is 0.168. The first-order chi connectivity index (χ1) is 19.8. The summed E-state index contributed by atoms with van der Waals surface area (Å²) >= 11 is 0. The minimum Gasteiger partial charge on any atom is -0.246 e. The minimum absolute atomic E-state index is 0.667. The second kappa shape index (κ2) is 8.76. The van der Waals surface area contributed by atoms with Crippen LogP contribution < -0.4 is 0 Å². The molecule has 2 heteroatoms. The monoisotopic (exact) mass is 506 g/mol. The highest BCUT2D eigenvalue weighted by Gasteiger charge is 2.16. The molecule has 0 aliphatic heterocycles. The molecule has 7 aromatic carbocycles. The molecule has 0 fully saturated rings.